The van der Waals surface area contributed by atoms with Crippen molar-refractivity contribution < 1.29 is 15.0 Å². The van der Waals surface area contributed by atoms with Gasteiger partial charge in [0, 0.05) is 0 Å². The van der Waals surface area contributed by atoms with Crippen LogP contribution in [0.1, 0.15) is 27.7 Å². The fourth-order valence-electron chi connectivity index (χ4n) is 0. The molecule has 0 rings (SSSR count). The van der Waals surface area contributed by atoms with E-state index >= 15 is 0 Å². The van der Waals surface area contributed by atoms with Crippen LogP contribution in [0.2, 0.25) is 0 Å². The average Bonchev–Trinajstić information content (AvgIpc) is 1.63. The second-order valence-electron chi connectivity index (χ2n) is 2.39. The third kappa shape index (κ3) is 25.6. The first-order valence-corrected chi connectivity index (χ1v) is 3.21. The topological polar surface area (TPSA) is 57.5 Å². The molecule has 10 heavy (non-hydrogen) atoms. The molecule has 0 amide bonds. The number of aliphatic hydroxyl groups is 2. The maximum Gasteiger partial charge on any atom is 0.126 e. The number of ketones is 1. The highest BCUT2D eigenvalue weighted by Gasteiger charge is 1.99. The predicted octanol–water partition coefficient (Wildman–Crippen LogP) is 0.343. The molecular weight excluding hydrogens is 132 g/mol. The summed E-state index contributed by atoms with van der Waals surface area (Å²) in [7, 11) is 0. The molecule has 62 valence electrons. The fraction of sp³-hybridized carbons (Fsp3) is 0.857. The molecule has 0 bridgehead atoms. The third-order valence-electron chi connectivity index (χ3n) is 0.698. The van der Waals surface area contributed by atoms with Crippen molar-refractivity contribution >= 4 is 5.78 Å². The molecule has 0 heterocycles. The van der Waals surface area contributed by atoms with Gasteiger partial charge in [-0.15, -0.1) is 0 Å². The van der Waals surface area contributed by atoms with Crippen LogP contribution in [0.3, 0.4) is 0 Å². The highest BCUT2D eigenvalue weighted by atomic mass is 16.3. The number of Topliss-reactive ketones (excluding diaryl/α,β-unsaturated/α-hetero) is 1. The van der Waals surface area contributed by atoms with Gasteiger partial charge >= 0.3 is 0 Å². The van der Waals surface area contributed by atoms with Crippen LogP contribution in [-0.4, -0.2) is 28.2 Å². The van der Waals surface area contributed by atoms with Gasteiger partial charge in [-0.25, -0.2) is 0 Å². The molecule has 0 saturated carbocycles. The average molecular weight is 148 g/mol. The van der Waals surface area contributed by atoms with E-state index in [1.165, 1.54) is 13.8 Å². The molecule has 2 N–H and O–H groups in total. The number of hydrogen-bond acceptors (Lipinski definition) is 3. The lowest BCUT2D eigenvalue weighted by Gasteiger charge is -2.03. The van der Waals surface area contributed by atoms with Crippen molar-refractivity contribution in [3.8, 4) is 0 Å². The Morgan fingerprint density at radius 2 is 1.20 bits per heavy atom. The molecule has 2 atom stereocenters. The Morgan fingerprint density at radius 3 is 1.20 bits per heavy atom. The fourth-order valence-corrected chi connectivity index (χ4v) is 0. The summed E-state index contributed by atoms with van der Waals surface area (Å²) in [6, 6.07) is 0. The Hall–Kier alpha value is -0.410. The lowest BCUT2D eigenvalue weighted by molar-refractivity contribution is -0.114. The Kier molecular flexibility index (Phi) is 8.24. The van der Waals surface area contributed by atoms with Crippen molar-refractivity contribution in [2.75, 3.05) is 0 Å². The van der Waals surface area contributed by atoms with Gasteiger partial charge in [-0.1, -0.05) is 0 Å². The molecule has 3 nitrogen and oxygen atoms in total. The number of hydrogen-bond donors (Lipinski definition) is 2. The summed E-state index contributed by atoms with van der Waals surface area (Å²) in [5.41, 5.74) is 0. The first-order chi connectivity index (χ1) is 4.37. The smallest absolute Gasteiger partial charge is 0.126 e. The van der Waals surface area contributed by atoms with Crippen LogP contribution < -0.4 is 0 Å². The standard InChI is InChI=1S/C4H10O2.C3H6O/c1-3(5)4(2)6;1-3(2)4/h3-6H,1-2H3;1-2H3. The van der Waals surface area contributed by atoms with Gasteiger partial charge in [-0.3, -0.25) is 0 Å². The summed E-state index contributed by atoms with van der Waals surface area (Å²) in [5.74, 6) is 0.167. The number of carbonyl (C=O) groups is 1. The number of carbonyl (C=O) groups excluding carboxylic acids is 1. The summed E-state index contributed by atoms with van der Waals surface area (Å²) in [6.45, 7) is 6.15. The summed E-state index contributed by atoms with van der Waals surface area (Å²) >= 11 is 0. The van der Waals surface area contributed by atoms with E-state index in [1.54, 1.807) is 13.8 Å². The molecule has 3 heteroatoms. The maximum atomic E-state index is 9.44. The molecule has 0 aromatic heterocycles. The van der Waals surface area contributed by atoms with Gasteiger partial charge in [0.2, 0.25) is 0 Å². The van der Waals surface area contributed by atoms with E-state index in [9.17, 15) is 4.79 Å². The van der Waals surface area contributed by atoms with Crippen LogP contribution in [0, 0.1) is 0 Å². The normalized spacial score (nSPS) is 14.6. The molecule has 0 aliphatic rings. The zero-order chi connectivity index (χ0) is 8.73. The van der Waals surface area contributed by atoms with E-state index in [2.05, 4.69) is 0 Å². The van der Waals surface area contributed by atoms with Crippen LogP contribution >= 0.6 is 0 Å². The first-order valence-electron chi connectivity index (χ1n) is 3.21. The van der Waals surface area contributed by atoms with E-state index in [4.69, 9.17) is 10.2 Å². The lowest BCUT2D eigenvalue weighted by atomic mass is 10.3. The van der Waals surface area contributed by atoms with E-state index in [1.807, 2.05) is 0 Å². The third-order valence-corrected chi connectivity index (χ3v) is 0.698. The monoisotopic (exact) mass is 148 g/mol. The Balaban J connectivity index is 0. The van der Waals surface area contributed by atoms with Crippen LogP contribution in [0.4, 0.5) is 0 Å². The van der Waals surface area contributed by atoms with Crippen molar-refractivity contribution in [3.05, 3.63) is 0 Å². The van der Waals surface area contributed by atoms with Crippen molar-refractivity contribution in [1.29, 1.82) is 0 Å². The number of rotatable bonds is 1. The Labute approximate surface area is 61.7 Å². The van der Waals surface area contributed by atoms with Crippen LogP contribution in [-0.2, 0) is 4.79 Å². The van der Waals surface area contributed by atoms with E-state index in [0.29, 0.717) is 0 Å². The summed E-state index contributed by atoms with van der Waals surface area (Å²) in [4.78, 5) is 9.44. The second-order valence-corrected chi connectivity index (χ2v) is 2.39. The zero-order valence-corrected chi connectivity index (χ0v) is 6.96. The first kappa shape index (κ1) is 12.3. The van der Waals surface area contributed by atoms with E-state index in [0.717, 1.165) is 0 Å². The molecule has 2 unspecified atom stereocenters. The largest absolute Gasteiger partial charge is 0.391 e. The molecule has 0 aromatic carbocycles. The SMILES string of the molecule is CC(C)=O.CC(O)C(C)O. The second kappa shape index (κ2) is 6.71. The van der Waals surface area contributed by atoms with Gasteiger partial charge in [-0.05, 0) is 27.7 Å². The molecular formula is C7H16O3. The van der Waals surface area contributed by atoms with E-state index in [-0.39, 0.29) is 5.78 Å². The van der Waals surface area contributed by atoms with Gasteiger partial charge in [-0.2, -0.15) is 0 Å². The maximum absolute atomic E-state index is 9.44. The van der Waals surface area contributed by atoms with Crippen LogP contribution in [0.25, 0.3) is 0 Å². The summed E-state index contributed by atoms with van der Waals surface area (Å²) in [5, 5.41) is 16.8. The summed E-state index contributed by atoms with van der Waals surface area (Å²) < 4.78 is 0. The number of aliphatic hydroxyl groups excluding tert-OH is 2. The highest BCUT2D eigenvalue weighted by molar-refractivity contribution is 5.72. The molecule has 0 aromatic rings. The van der Waals surface area contributed by atoms with Crippen molar-refractivity contribution in [2.24, 2.45) is 0 Å². The van der Waals surface area contributed by atoms with Gasteiger partial charge in [0.1, 0.15) is 5.78 Å². The molecule has 0 spiro atoms. The van der Waals surface area contributed by atoms with Gasteiger partial charge in [0.05, 0.1) is 12.2 Å². The minimum absolute atomic E-state index is 0.167. The molecule has 0 fully saturated rings. The van der Waals surface area contributed by atoms with Gasteiger partial charge in [0.15, 0.2) is 0 Å². The Bertz CT molecular complexity index is 76.9. The molecule has 0 aliphatic heterocycles. The van der Waals surface area contributed by atoms with Crippen molar-refractivity contribution in [3.63, 3.8) is 0 Å². The lowest BCUT2D eigenvalue weighted by Crippen LogP contribution is -2.17. The Morgan fingerprint density at radius 1 is 1.10 bits per heavy atom. The highest BCUT2D eigenvalue weighted by Crippen LogP contribution is 1.85. The van der Waals surface area contributed by atoms with E-state index < -0.39 is 12.2 Å². The minimum Gasteiger partial charge on any atom is -0.391 e. The van der Waals surface area contributed by atoms with Crippen molar-refractivity contribution in [1.82, 2.24) is 0 Å². The molecule has 0 saturated heterocycles. The van der Waals surface area contributed by atoms with Crippen molar-refractivity contribution in [2.45, 2.75) is 39.9 Å². The van der Waals surface area contributed by atoms with Gasteiger partial charge in [0.25, 0.3) is 0 Å². The van der Waals surface area contributed by atoms with Crippen LogP contribution in [0.5, 0.6) is 0 Å². The van der Waals surface area contributed by atoms with Crippen LogP contribution in [0.15, 0.2) is 0 Å². The molecule has 0 aliphatic carbocycles. The van der Waals surface area contributed by atoms with Gasteiger partial charge < -0.3 is 15.0 Å². The zero-order valence-electron chi connectivity index (χ0n) is 6.96. The molecule has 0 radical (unpaired) electrons. The minimum atomic E-state index is -0.593. The quantitative estimate of drug-likeness (QED) is 0.564. The summed E-state index contributed by atoms with van der Waals surface area (Å²) in [6.07, 6.45) is -1.19. The predicted molar refractivity (Wildman–Crippen MR) is 39.7 cm³/mol.